The highest BCUT2D eigenvalue weighted by Crippen LogP contribution is 2.43. The van der Waals surface area contributed by atoms with Gasteiger partial charge in [0.1, 0.15) is 26.4 Å². The van der Waals surface area contributed by atoms with Crippen molar-refractivity contribution in [1.82, 2.24) is 66.5 Å². The van der Waals surface area contributed by atoms with Gasteiger partial charge in [0.25, 0.3) is 0 Å². The second-order valence-corrected chi connectivity index (χ2v) is 32.0. The van der Waals surface area contributed by atoms with Gasteiger partial charge in [0.15, 0.2) is 23.0 Å². The molecule has 114 heavy (non-hydrogen) atoms. The molecular weight excluding hydrogens is 1420 g/mol. The molecule has 0 spiro atoms. The minimum atomic E-state index is 0.412. The molecule has 21 nitrogen and oxygen atoms in total. The molecule has 1 aliphatic carbocycles. The Bertz CT molecular complexity index is 5120. The van der Waals surface area contributed by atoms with Gasteiger partial charge in [0.2, 0.25) is 23.8 Å². The van der Waals surface area contributed by atoms with Crippen molar-refractivity contribution < 1.29 is 18.9 Å². The van der Waals surface area contributed by atoms with Gasteiger partial charge in [0.05, 0.1) is 44.8 Å². The van der Waals surface area contributed by atoms with Crippen LogP contribution in [0.3, 0.4) is 0 Å². The number of ether oxygens (including phenoxy) is 4. The molecule has 0 amide bonds. The minimum Gasteiger partial charge on any atom is -0.486 e. The van der Waals surface area contributed by atoms with Crippen LogP contribution >= 0.6 is 0 Å². The summed E-state index contributed by atoms with van der Waals surface area (Å²) in [4.78, 5) is 38.2. The summed E-state index contributed by atoms with van der Waals surface area (Å²) < 4.78 is 23.2. The Kier molecular flexibility index (Phi) is 23.3. The van der Waals surface area contributed by atoms with Gasteiger partial charge in [-0.05, 0) is 267 Å². The SMILES string of the molecule is Cc1nc(NC2CCCC(C)C2)nc2ccc(-c3cccc4c3CCNC4)cc12.Cc1nc(NC2CCNC(C)C2)nc2ccc(-c3cccc4c3OCCO4)cc12.Cc1nc(NC2CCNCC2)nc2ccc(-c3cccc4c3CCNC4)cc12.Cc1nc(NC2CCNCC2)nc2ccc(-c3cccc4c3OCCO4)cc12. The van der Waals surface area contributed by atoms with Crippen molar-refractivity contribution in [3.8, 4) is 67.5 Å². The first kappa shape index (κ1) is 76.0. The highest BCUT2D eigenvalue weighted by Gasteiger charge is 2.26. The van der Waals surface area contributed by atoms with E-state index in [0.29, 0.717) is 56.6 Å². The highest BCUT2D eigenvalue weighted by atomic mass is 16.6. The summed E-state index contributed by atoms with van der Waals surface area (Å²) in [5, 5.41) is 35.8. The second-order valence-electron chi connectivity index (χ2n) is 32.0. The molecule has 1 saturated carbocycles. The molecule has 7 aliphatic heterocycles. The number of aryl methyl sites for hydroxylation is 4. The molecule has 4 aromatic heterocycles. The van der Waals surface area contributed by atoms with E-state index < -0.39 is 0 Å². The number of anilines is 4. The number of hydrogen-bond donors (Lipinski definition) is 9. The topological polar surface area (TPSA) is 248 Å². The van der Waals surface area contributed by atoms with Gasteiger partial charge in [-0.15, -0.1) is 0 Å². The maximum atomic E-state index is 5.89. The van der Waals surface area contributed by atoms with E-state index in [0.717, 1.165) is 252 Å². The maximum absolute atomic E-state index is 5.89. The van der Waals surface area contributed by atoms with E-state index in [2.05, 4.69) is 197 Å². The molecule has 588 valence electrons. The van der Waals surface area contributed by atoms with Crippen molar-refractivity contribution in [3.05, 3.63) is 191 Å². The number of aromatic nitrogens is 8. The fourth-order valence-electron chi connectivity index (χ4n) is 17.8. The van der Waals surface area contributed by atoms with Crippen LogP contribution in [0.15, 0.2) is 146 Å². The third kappa shape index (κ3) is 17.5. The number of hydrogen-bond acceptors (Lipinski definition) is 21. The Morgan fingerprint density at radius 3 is 1.12 bits per heavy atom. The Morgan fingerprint density at radius 2 is 0.711 bits per heavy atom. The van der Waals surface area contributed by atoms with Crippen molar-refractivity contribution in [2.45, 2.75) is 162 Å². The van der Waals surface area contributed by atoms with Crippen LogP contribution in [0.2, 0.25) is 0 Å². The van der Waals surface area contributed by atoms with Gasteiger partial charge in [-0.1, -0.05) is 105 Å². The van der Waals surface area contributed by atoms with E-state index in [1.54, 1.807) is 0 Å². The lowest BCUT2D eigenvalue weighted by Crippen LogP contribution is -2.41. The molecule has 4 fully saturated rings. The lowest BCUT2D eigenvalue weighted by molar-refractivity contribution is 0.172. The van der Waals surface area contributed by atoms with Crippen molar-refractivity contribution in [2.75, 3.05) is 93.5 Å². The van der Waals surface area contributed by atoms with Crippen LogP contribution in [0.1, 0.15) is 123 Å². The van der Waals surface area contributed by atoms with Crippen LogP contribution in [0.25, 0.3) is 88.1 Å². The van der Waals surface area contributed by atoms with E-state index in [1.165, 1.54) is 70.2 Å². The van der Waals surface area contributed by atoms with Crippen molar-refractivity contribution >= 4 is 67.4 Å². The minimum absolute atomic E-state index is 0.412. The number of fused-ring (bicyclic) bond motifs is 8. The third-order valence-corrected chi connectivity index (χ3v) is 23.8. The number of piperidine rings is 3. The summed E-state index contributed by atoms with van der Waals surface area (Å²) in [6, 6.07) is 53.6. The summed E-state index contributed by atoms with van der Waals surface area (Å²) in [6.45, 7) is 24.4. The zero-order chi connectivity index (χ0) is 77.4. The first-order valence-corrected chi connectivity index (χ1v) is 41.7. The molecule has 8 aromatic carbocycles. The van der Waals surface area contributed by atoms with Crippen molar-refractivity contribution in [1.29, 1.82) is 0 Å². The molecule has 0 bridgehead atoms. The van der Waals surface area contributed by atoms with Gasteiger partial charge in [-0.2, -0.15) is 0 Å². The average Bonchev–Trinajstić information content (AvgIpc) is 0.792. The molecule has 8 aliphatic rings. The fraction of sp³-hybridized carbons (Fsp3) is 0.398. The van der Waals surface area contributed by atoms with Crippen LogP contribution in [0.4, 0.5) is 23.8 Å². The predicted molar refractivity (Wildman–Crippen MR) is 460 cm³/mol. The average molecular weight is 1530 g/mol. The van der Waals surface area contributed by atoms with E-state index in [-0.39, 0.29) is 0 Å². The van der Waals surface area contributed by atoms with Crippen LogP contribution < -0.4 is 66.8 Å². The van der Waals surface area contributed by atoms with E-state index >= 15 is 0 Å². The van der Waals surface area contributed by atoms with Gasteiger partial charge >= 0.3 is 0 Å². The Balaban J connectivity index is 0.000000110. The first-order chi connectivity index (χ1) is 55.9. The number of benzene rings is 8. The lowest BCUT2D eigenvalue weighted by Gasteiger charge is -2.28. The van der Waals surface area contributed by atoms with Crippen LogP contribution in [-0.4, -0.2) is 142 Å². The predicted octanol–water partition coefficient (Wildman–Crippen LogP) is 16.1. The largest absolute Gasteiger partial charge is 0.486 e. The standard InChI is InChI=1S/C25H30N4.C23H27N5.C23H26N4O2.C22H24N4O2/c1-16-5-3-7-20(13-16)28-25-27-17(2)23-14-18(9-10-24(23)29-25)21-8-4-6-19-15-26-12-11-22(19)21;1-15-21-13-16(19-4-2-3-17-14-25-12-9-20(17)19)5-6-22(21)28-23(26-15)27-18-7-10-24-11-8-18;1-14-12-17(8-9-24-14)26-23-25-15(2)19-13-16(6-7-20(19)27-23)18-4-3-5-21-22(18)29-11-10-28-21;1-14-18-13-15(17-3-2-4-20-21(17)28-12-11-27-20)5-6-19(18)26-22(24-14)25-16-7-9-23-10-8-16/h4,6,8-10,14,16,20,26H,3,5,7,11-13,15H2,1-2H3,(H,27,28,29);2-6,13,18,24-25H,7-12,14H2,1H3,(H,26,27,28);3-7,13-14,17,24H,8-12H2,1-2H3,(H,25,26,27);2-6,13,16,23H,7-12H2,1H3,(H,24,25,26). The van der Waals surface area contributed by atoms with Crippen LogP contribution in [0, 0.1) is 33.6 Å². The Labute approximate surface area is 668 Å². The highest BCUT2D eigenvalue weighted by molar-refractivity contribution is 5.92. The van der Waals surface area contributed by atoms with Gasteiger partial charge < -0.3 is 66.8 Å². The second kappa shape index (κ2) is 35.0. The molecule has 11 heterocycles. The summed E-state index contributed by atoms with van der Waals surface area (Å²) in [5.41, 5.74) is 23.2. The van der Waals surface area contributed by atoms with E-state index in [4.69, 9.17) is 58.8 Å². The normalized spacial score (nSPS) is 19.4. The summed E-state index contributed by atoms with van der Waals surface area (Å²) in [5.74, 6) is 7.01. The molecule has 20 rings (SSSR count). The molecule has 21 heteroatoms. The fourth-order valence-corrected chi connectivity index (χ4v) is 17.8. The van der Waals surface area contributed by atoms with Gasteiger partial charge in [0, 0.05) is 76.0 Å². The van der Waals surface area contributed by atoms with Gasteiger partial charge in [-0.25, -0.2) is 39.9 Å². The van der Waals surface area contributed by atoms with Crippen molar-refractivity contribution in [2.24, 2.45) is 5.92 Å². The molecule has 0 radical (unpaired) electrons. The van der Waals surface area contributed by atoms with Gasteiger partial charge in [-0.3, -0.25) is 0 Å². The summed E-state index contributed by atoms with van der Waals surface area (Å²) >= 11 is 0. The summed E-state index contributed by atoms with van der Waals surface area (Å²) in [6.07, 6.45) is 13.8. The quantitative estimate of drug-likeness (QED) is 0.0552. The van der Waals surface area contributed by atoms with Crippen molar-refractivity contribution in [3.63, 3.8) is 0 Å². The lowest BCUT2D eigenvalue weighted by atomic mass is 9.87. The maximum Gasteiger partial charge on any atom is 0.223 e. The number of rotatable bonds is 12. The Morgan fingerprint density at radius 1 is 0.342 bits per heavy atom. The molecule has 4 unspecified atom stereocenters. The van der Waals surface area contributed by atoms with E-state index in [1.807, 2.05) is 38.1 Å². The van der Waals surface area contributed by atoms with E-state index in [9.17, 15) is 0 Å². The molecular formula is C93H107N17O4. The zero-order valence-electron chi connectivity index (χ0n) is 66.7. The molecule has 4 atom stereocenters. The van der Waals surface area contributed by atoms with Crippen LogP contribution in [-0.2, 0) is 25.9 Å². The first-order valence-electron chi connectivity index (χ1n) is 41.7. The zero-order valence-corrected chi connectivity index (χ0v) is 66.7. The Hall–Kier alpha value is -10.7. The molecule has 9 N–H and O–H groups in total. The number of para-hydroxylation sites is 2. The smallest absolute Gasteiger partial charge is 0.223 e. The third-order valence-electron chi connectivity index (χ3n) is 23.8. The van der Waals surface area contributed by atoms with Crippen LogP contribution in [0.5, 0.6) is 23.0 Å². The molecule has 12 aromatic rings. The summed E-state index contributed by atoms with van der Waals surface area (Å²) in [7, 11) is 0. The number of nitrogens with zero attached hydrogens (tertiary/aromatic N) is 8. The number of nitrogens with one attached hydrogen (secondary N) is 9. The molecule has 3 saturated heterocycles. The monoisotopic (exact) mass is 1530 g/mol.